The molecule has 1 unspecified atom stereocenters. The molecule has 2 N–H and O–H groups in total. The molecule has 0 saturated heterocycles. The fourth-order valence-electron chi connectivity index (χ4n) is 3.54. The predicted octanol–water partition coefficient (Wildman–Crippen LogP) is 5.14. The zero-order valence-electron chi connectivity index (χ0n) is 19.4. The Morgan fingerprint density at radius 2 is 1.44 bits per heavy atom. The molecule has 0 saturated carbocycles. The number of hydrogen-bond donors (Lipinski definition) is 2. The second-order valence-electron chi connectivity index (χ2n) is 8.01. The van der Waals surface area contributed by atoms with E-state index in [1.807, 2.05) is 67.6 Å². The van der Waals surface area contributed by atoms with Gasteiger partial charge in [0.25, 0.3) is 11.8 Å². The van der Waals surface area contributed by atoms with E-state index in [1.165, 1.54) is 0 Å². The van der Waals surface area contributed by atoms with Crippen LogP contribution >= 0.6 is 0 Å². The van der Waals surface area contributed by atoms with Crippen molar-refractivity contribution in [2.24, 2.45) is 0 Å². The molecule has 1 atom stereocenters. The zero-order chi connectivity index (χ0) is 24.2. The lowest BCUT2D eigenvalue weighted by Crippen LogP contribution is -2.45. The summed E-state index contributed by atoms with van der Waals surface area (Å²) in [6, 6.07) is 25.2. The summed E-state index contributed by atoms with van der Waals surface area (Å²) in [5, 5.41) is 5.56. The summed E-state index contributed by atoms with van der Waals surface area (Å²) in [6.07, 6.45) is 6.05. The summed E-state index contributed by atoms with van der Waals surface area (Å²) in [5.41, 5.74) is 2.78. The maximum Gasteiger partial charge on any atom is 0.252 e. The number of hydrogen-bond acceptors (Lipinski definition) is 3. The number of ketones is 1. The molecule has 5 nitrogen and oxygen atoms in total. The lowest BCUT2D eigenvalue weighted by Gasteiger charge is -2.18. The van der Waals surface area contributed by atoms with Gasteiger partial charge < -0.3 is 10.6 Å². The van der Waals surface area contributed by atoms with Crippen LogP contribution in [0.25, 0.3) is 12.2 Å². The van der Waals surface area contributed by atoms with Crippen molar-refractivity contribution in [3.8, 4) is 0 Å². The number of Topliss-reactive ketones (excluding diaryl/α,β-unsaturated/α-hetero) is 1. The van der Waals surface area contributed by atoms with Gasteiger partial charge in [-0.25, -0.2) is 0 Å². The lowest BCUT2D eigenvalue weighted by molar-refractivity contribution is -0.120. The van der Waals surface area contributed by atoms with Crippen LogP contribution in [0.4, 0.5) is 0 Å². The molecular formula is C29H30N2O3. The first-order chi connectivity index (χ1) is 16.6. The molecule has 0 aliphatic carbocycles. The van der Waals surface area contributed by atoms with Crippen molar-refractivity contribution < 1.29 is 14.4 Å². The molecule has 34 heavy (non-hydrogen) atoms. The van der Waals surface area contributed by atoms with Gasteiger partial charge in [0, 0.05) is 11.1 Å². The Balaban J connectivity index is 1.68. The summed E-state index contributed by atoms with van der Waals surface area (Å²) in [6.45, 7) is 1.89. The maximum absolute atomic E-state index is 13.1. The highest BCUT2D eigenvalue weighted by Gasteiger charge is 2.22. The van der Waals surface area contributed by atoms with Gasteiger partial charge in [0.15, 0.2) is 5.78 Å². The van der Waals surface area contributed by atoms with Gasteiger partial charge in [0.1, 0.15) is 0 Å². The normalized spacial score (nSPS) is 11.7. The van der Waals surface area contributed by atoms with Gasteiger partial charge in [-0.3, -0.25) is 14.4 Å². The molecule has 3 aromatic carbocycles. The number of benzene rings is 3. The first-order valence-corrected chi connectivity index (χ1v) is 11.6. The summed E-state index contributed by atoms with van der Waals surface area (Å²) in [4.78, 5) is 38.3. The third-order valence-corrected chi connectivity index (χ3v) is 5.46. The van der Waals surface area contributed by atoms with E-state index >= 15 is 0 Å². The molecule has 0 radical (unpaired) electrons. The average Bonchev–Trinajstić information content (AvgIpc) is 2.89. The van der Waals surface area contributed by atoms with Crippen LogP contribution in [-0.2, 0) is 4.79 Å². The predicted molar refractivity (Wildman–Crippen MR) is 136 cm³/mol. The number of amides is 2. The SMILES string of the molecule is CCCCC(NC(=O)c1ccccc1C=Cc1ccccc1)C(=O)CNC(=O)c1ccccc1. The van der Waals surface area contributed by atoms with E-state index in [4.69, 9.17) is 0 Å². The third kappa shape index (κ3) is 7.27. The first-order valence-electron chi connectivity index (χ1n) is 11.6. The van der Waals surface area contributed by atoms with E-state index < -0.39 is 6.04 Å². The van der Waals surface area contributed by atoms with Gasteiger partial charge in [0.05, 0.1) is 12.6 Å². The molecule has 174 valence electrons. The third-order valence-electron chi connectivity index (χ3n) is 5.46. The molecule has 0 spiro atoms. The van der Waals surface area contributed by atoms with Crippen LogP contribution in [0.2, 0.25) is 0 Å². The molecular weight excluding hydrogens is 424 g/mol. The van der Waals surface area contributed by atoms with Gasteiger partial charge in [-0.1, -0.05) is 98.6 Å². The lowest BCUT2D eigenvalue weighted by atomic mass is 10.0. The van der Waals surface area contributed by atoms with Crippen LogP contribution in [0.5, 0.6) is 0 Å². The quantitative estimate of drug-likeness (QED) is 0.394. The van der Waals surface area contributed by atoms with Crippen molar-refractivity contribution in [3.63, 3.8) is 0 Å². The molecule has 2 amide bonds. The molecule has 0 fully saturated rings. The first kappa shape index (κ1) is 24.6. The second-order valence-corrected chi connectivity index (χ2v) is 8.01. The highest BCUT2D eigenvalue weighted by atomic mass is 16.2. The van der Waals surface area contributed by atoms with Crippen LogP contribution in [0.3, 0.4) is 0 Å². The molecule has 3 rings (SSSR count). The Morgan fingerprint density at radius 3 is 2.15 bits per heavy atom. The van der Waals surface area contributed by atoms with Crippen LogP contribution in [0.1, 0.15) is 58.0 Å². The molecule has 0 bridgehead atoms. The molecule has 3 aromatic rings. The number of carbonyl (C=O) groups is 3. The van der Waals surface area contributed by atoms with Crippen molar-refractivity contribution in [2.75, 3.05) is 6.54 Å². The molecule has 0 aliphatic rings. The smallest absolute Gasteiger partial charge is 0.252 e. The van der Waals surface area contributed by atoms with E-state index in [0.29, 0.717) is 17.5 Å². The van der Waals surface area contributed by atoms with Gasteiger partial charge in [0.2, 0.25) is 0 Å². The van der Waals surface area contributed by atoms with Crippen LogP contribution in [-0.4, -0.2) is 30.2 Å². The van der Waals surface area contributed by atoms with Crippen LogP contribution in [0, 0.1) is 0 Å². The summed E-state index contributed by atoms with van der Waals surface area (Å²) < 4.78 is 0. The Hall–Kier alpha value is -3.99. The van der Waals surface area contributed by atoms with Crippen molar-refractivity contribution >= 4 is 29.7 Å². The van der Waals surface area contributed by atoms with E-state index in [-0.39, 0.29) is 24.1 Å². The highest BCUT2D eigenvalue weighted by Crippen LogP contribution is 2.14. The van der Waals surface area contributed by atoms with Gasteiger partial charge in [-0.15, -0.1) is 0 Å². The van der Waals surface area contributed by atoms with Crippen molar-refractivity contribution in [3.05, 3.63) is 107 Å². The number of unbranched alkanes of at least 4 members (excludes halogenated alkanes) is 1. The van der Waals surface area contributed by atoms with E-state index in [1.54, 1.807) is 36.4 Å². The Bertz CT molecular complexity index is 1120. The second kappa shape index (κ2) is 12.9. The van der Waals surface area contributed by atoms with E-state index in [9.17, 15) is 14.4 Å². The highest BCUT2D eigenvalue weighted by molar-refractivity contribution is 6.02. The van der Waals surface area contributed by atoms with Crippen molar-refractivity contribution in [2.45, 2.75) is 32.2 Å². The van der Waals surface area contributed by atoms with Gasteiger partial charge >= 0.3 is 0 Å². The minimum Gasteiger partial charge on any atom is -0.345 e. The van der Waals surface area contributed by atoms with E-state index in [2.05, 4.69) is 10.6 Å². The largest absolute Gasteiger partial charge is 0.345 e. The maximum atomic E-state index is 13.1. The standard InChI is InChI=1S/C29H30N2O3/c1-2-3-18-26(27(32)21-30-28(33)24-15-8-5-9-16-24)31-29(34)25-17-11-10-14-23(25)20-19-22-12-6-4-7-13-22/h4-17,19-20,26H,2-3,18,21H2,1H3,(H,30,33)(H,31,34). The van der Waals surface area contributed by atoms with Crippen LogP contribution in [0.15, 0.2) is 84.9 Å². The summed E-state index contributed by atoms with van der Waals surface area (Å²) in [7, 11) is 0. The fourth-order valence-corrected chi connectivity index (χ4v) is 3.54. The topological polar surface area (TPSA) is 75.3 Å². The Kier molecular flexibility index (Phi) is 9.35. The number of nitrogens with one attached hydrogen (secondary N) is 2. The van der Waals surface area contributed by atoms with Gasteiger partial charge in [-0.2, -0.15) is 0 Å². The molecule has 0 aromatic heterocycles. The molecule has 5 heteroatoms. The monoisotopic (exact) mass is 454 g/mol. The zero-order valence-corrected chi connectivity index (χ0v) is 19.4. The Morgan fingerprint density at radius 1 is 0.794 bits per heavy atom. The minimum atomic E-state index is -0.672. The molecule has 0 aliphatic heterocycles. The van der Waals surface area contributed by atoms with Crippen molar-refractivity contribution in [1.29, 1.82) is 0 Å². The molecule has 0 heterocycles. The summed E-state index contributed by atoms with van der Waals surface area (Å²) in [5.74, 6) is -0.841. The minimum absolute atomic E-state index is 0.141. The average molecular weight is 455 g/mol. The van der Waals surface area contributed by atoms with Gasteiger partial charge in [-0.05, 0) is 35.7 Å². The fraction of sp³-hybridized carbons (Fsp3) is 0.207. The van der Waals surface area contributed by atoms with Crippen molar-refractivity contribution in [1.82, 2.24) is 10.6 Å². The number of rotatable bonds is 11. The van der Waals surface area contributed by atoms with Crippen LogP contribution < -0.4 is 10.6 Å². The van der Waals surface area contributed by atoms with E-state index in [0.717, 1.165) is 24.0 Å². The number of carbonyl (C=O) groups excluding carboxylic acids is 3. The Labute approximate surface area is 200 Å². The summed E-state index contributed by atoms with van der Waals surface area (Å²) >= 11 is 0.